The van der Waals surface area contributed by atoms with E-state index >= 15 is 0 Å². The Bertz CT molecular complexity index is 872. The van der Waals surface area contributed by atoms with Gasteiger partial charge in [0.1, 0.15) is 5.82 Å². The summed E-state index contributed by atoms with van der Waals surface area (Å²) in [6, 6.07) is 8.65. The van der Waals surface area contributed by atoms with Crippen LogP contribution in [0.4, 0.5) is 10.1 Å². The number of carboxylic acid groups (broad SMARTS) is 1. The first-order valence-corrected chi connectivity index (χ1v) is 10.4. The number of anilines is 1. The molecule has 1 saturated carbocycles. The molecule has 1 saturated heterocycles. The lowest BCUT2D eigenvalue weighted by atomic mass is 9.93. The third-order valence-electron chi connectivity index (χ3n) is 5.59. The second-order valence-corrected chi connectivity index (χ2v) is 8.34. The summed E-state index contributed by atoms with van der Waals surface area (Å²) in [6.45, 7) is 1.86. The van der Waals surface area contributed by atoms with E-state index in [0.29, 0.717) is 66.3 Å². The molecule has 2 aliphatic rings. The van der Waals surface area contributed by atoms with Gasteiger partial charge in [0.25, 0.3) is 0 Å². The number of carbonyl (C=O) groups is 1. The molecule has 4 rings (SSSR count). The average molecular weight is 419 g/mol. The van der Waals surface area contributed by atoms with E-state index in [1.54, 1.807) is 12.1 Å². The van der Waals surface area contributed by atoms with Crippen molar-refractivity contribution in [3.63, 3.8) is 0 Å². The zero-order chi connectivity index (χ0) is 20.4. The highest BCUT2D eigenvalue weighted by Gasteiger charge is 2.25. The number of carboxylic acids is 1. The largest absolute Gasteiger partial charge is 0.481 e. The molecule has 2 fully saturated rings. The zero-order valence-corrected chi connectivity index (χ0v) is 16.9. The summed E-state index contributed by atoms with van der Waals surface area (Å²) in [6.07, 6.45) is 4.00. The quantitative estimate of drug-likeness (QED) is 0.683. The van der Waals surface area contributed by atoms with E-state index in [4.69, 9.17) is 21.4 Å². The van der Waals surface area contributed by atoms with Gasteiger partial charge in [0.2, 0.25) is 5.88 Å². The maximum absolute atomic E-state index is 15.0. The fourth-order valence-electron chi connectivity index (χ4n) is 3.77. The van der Waals surface area contributed by atoms with E-state index < -0.39 is 11.8 Å². The molecule has 2 aromatic rings. The second-order valence-electron chi connectivity index (χ2n) is 7.93. The fraction of sp³-hybridized carbons (Fsp3) is 0.455. The molecule has 154 valence electrons. The Balaban J connectivity index is 1.49. The smallest absolute Gasteiger partial charge is 0.303 e. The van der Waals surface area contributed by atoms with Crippen molar-refractivity contribution >= 4 is 23.3 Å². The van der Waals surface area contributed by atoms with Gasteiger partial charge in [0.05, 0.1) is 23.0 Å². The number of rotatable bonds is 7. The highest BCUT2D eigenvalue weighted by Crippen LogP contribution is 2.36. The van der Waals surface area contributed by atoms with Crippen LogP contribution < -0.4 is 9.64 Å². The molecule has 0 spiro atoms. The number of halogens is 2. The molecule has 7 heteroatoms. The van der Waals surface area contributed by atoms with Gasteiger partial charge in [-0.25, -0.2) is 9.37 Å². The van der Waals surface area contributed by atoms with Crippen LogP contribution in [0.2, 0.25) is 5.02 Å². The predicted octanol–water partition coefficient (Wildman–Crippen LogP) is 5.02. The Morgan fingerprint density at radius 3 is 2.62 bits per heavy atom. The summed E-state index contributed by atoms with van der Waals surface area (Å²) in [7, 11) is 0. The number of piperidine rings is 1. The van der Waals surface area contributed by atoms with Gasteiger partial charge in [0.15, 0.2) is 0 Å². The first kappa shape index (κ1) is 20.0. The minimum absolute atomic E-state index is 0.132. The normalized spacial score (nSPS) is 17.4. The lowest BCUT2D eigenvalue weighted by molar-refractivity contribution is -0.138. The van der Waals surface area contributed by atoms with E-state index in [1.165, 1.54) is 18.9 Å². The van der Waals surface area contributed by atoms with Crippen LogP contribution in [0.15, 0.2) is 30.3 Å². The van der Waals surface area contributed by atoms with Gasteiger partial charge in [-0.15, -0.1) is 0 Å². The molecule has 0 amide bonds. The Kier molecular flexibility index (Phi) is 5.90. The Morgan fingerprint density at radius 2 is 1.97 bits per heavy atom. The topological polar surface area (TPSA) is 62.7 Å². The second kappa shape index (κ2) is 8.57. The van der Waals surface area contributed by atoms with Gasteiger partial charge in [0, 0.05) is 31.1 Å². The van der Waals surface area contributed by atoms with Crippen LogP contribution in [0.25, 0.3) is 11.3 Å². The molecular weight excluding hydrogens is 395 g/mol. The minimum Gasteiger partial charge on any atom is -0.481 e. The number of pyridine rings is 1. The molecule has 29 heavy (non-hydrogen) atoms. The number of aromatic nitrogens is 1. The molecule has 0 atom stereocenters. The standard InChI is InChI=1S/C22H24ClFN2O3/c23-17-11-16(19-2-1-3-20(25-19)29-13-15-4-5-15)12-18(24)22(17)26-8-6-14(7-9-26)10-21(27)28/h1-3,11-12,14-15H,4-10,13H2,(H,27,28). The van der Waals surface area contributed by atoms with Crippen molar-refractivity contribution in [2.24, 2.45) is 11.8 Å². The Hall–Kier alpha value is -2.34. The molecule has 5 nitrogen and oxygen atoms in total. The minimum atomic E-state index is -0.784. The Labute approximate surface area is 174 Å². The molecule has 1 aliphatic carbocycles. The van der Waals surface area contributed by atoms with Gasteiger partial charge in [-0.3, -0.25) is 4.79 Å². The van der Waals surface area contributed by atoms with Crippen LogP contribution in [0, 0.1) is 17.7 Å². The van der Waals surface area contributed by atoms with Crippen LogP contribution in [0.5, 0.6) is 5.88 Å². The number of ether oxygens (including phenoxy) is 1. The summed E-state index contributed by atoms with van der Waals surface area (Å²) in [4.78, 5) is 17.3. The summed E-state index contributed by atoms with van der Waals surface area (Å²) >= 11 is 6.45. The summed E-state index contributed by atoms with van der Waals surface area (Å²) in [5.41, 5.74) is 1.60. The van der Waals surface area contributed by atoms with Crippen molar-refractivity contribution in [2.75, 3.05) is 24.6 Å². The number of benzene rings is 1. The molecule has 0 unspecified atom stereocenters. The third-order valence-corrected chi connectivity index (χ3v) is 5.88. The summed E-state index contributed by atoms with van der Waals surface area (Å²) in [5, 5.41) is 9.29. The third kappa shape index (κ3) is 4.99. The SMILES string of the molecule is O=C(O)CC1CCN(c2c(F)cc(-c3cccc(OCC4CC4)n3)cc2Cl)CC1. The van der Waals surface area contributed by atoms with Gasteiger partial charge in [-0.1, -0.05) is 17.7 Å². The average Bonchev–Trinajstić information content (AvgIpc) is 3.51. The van der Waals surface area contributed by atoms with E-state index in [2.05, 4.69) is 4.98 Å². The van der Waals surface area contributed by atoms with Gasteiger partial charge in [-0.05, 0) is 55.7 Å². The van der Waals surface area contributed by atoms with E-state index in [0.717, 1.165) is 0 Å². The number of hydrogen-bond donors (Lipinski definition) is 1. The molecule has 1 aromatic heterocycles. The number of aliphatic carboxylic acids is 1. The maximum Gasteiger partial charge on any atom is 0.303 e. The molecule has 0 radical (unpaired) electrons. The van der Waals surface area contributed by atoms with Crippen LogP contribution in [-0.2, 0) is 4.79 Å². The van der Waals surface area contributed by atoms with E-state index in [1.807, 2.05) is 17.0 Å². The first-order chi connectivity index (χ1) is 14.0. The van der Waals surface area contributed by atoms with Crippen LogP contribution in [0.1, 0.15) is 32.1 Å². The van der Waals surface area contributed by atoms with Crippen molar-refractivity contribution in [1.82, 2.24) is 4.98 Å². The monoisotopic (exact) mass is 418 g/mol. The number of nitrogens with zero attached hydrogens (tertiary/aromatic N) is 2. The summed E-state index contributed by atoms with van der Waals surface area (Å²) < 4.78 is 20.7. The van der Waals surface area contributed by atoms with Crippen molar-refractivity contribution in [3.8, 4) is 17.1 Å². The predicted molar refractivity (Wildman–Crippen MR) is 110 cm³/mol. The van der Waals surface area contributed by atoms with Crippen LogP contribution in [0.3, 0.4) is 0 Å². The van der Waals surface area contributed by atoms with Gasteiger partial charge >= 0.3 is 5.97 Å². The first-order valence-electron chi connectivity index (χ1n) is 10.1. The zero-order valence-electron chi connectivity index (χ0n) is 16.1. The Morgan fingerprint density at radius 1 is 1.21 bits per heavy atom. The van der Waals surface area contributed by atoms with E-state index in [9.17, 15) is 9.18 Å². The molecule has 1 aromatic carbocycles. The molecular formula is C22H24ClFN2O3. The van der Waals surface area contributed by atoms with Crippen molar-refractivity contribution in [2.45, 2.75) is 32.1 Å². The molecule has 1 N–H and O–H groups in total. The van der Waals surface area contributed by atoms with Gasteiger partial charge in [-0.2, -0.15) is 0 Å². The van der Waals surface area contributed by atoms with Crippen LogP contribution in [-0.4, -0.2) is 35.8 Å². The summed E-state index contributed by atoms with van der Waals surface area (Å²) in [5.74, 6) is 0.123. The highest BCUT2D eigenvalue weighted by atomic mass is 35.5. The lowest BCUT2D eigenvalue weighted by Crippen LogP contribution is -2.35. The van der Waals surface area contributed by atoms with Crippen molar-refractivity contribution in [3.05, 3.63) is 41.2 Å². The van der Waals surface area contributed by atoms with Crippen molar-refractivity contribution in [1.29, 1.82) is 0 Å². The fourth-order valence-corrected chi connectivity index (χ4v) is 4.09. The van der Waals surface area contributed by atoms with Crippen LogP contribution >= 0.6 is 11.6 Å². The molecule has 1 aliphatic heterocycles. The van der Waals surface area contributed by atoms with Crippen molar-refractivity contribution < 1.29 is 19.0 Å². The van der Waals surface area contributed by atoms with Gasteiger partial charge < -0.3 is 14.7 Å². The molecule has 2 heterocycles. The van der Waals surface area contributed by atoms with E-state index in [-0.39, 0.29) is 12.3 Å². The molecule has 0 bridgehead atoms. The lowest BCUT2D eigenvalue weighted by Gasteiger charge is -2.34. The maximum atomic E-state index is 15.0. The number of hydrogen-bond acceptors (Lipinski definition) is 4. The highest BCUT2D eigenvalue weighted by molar-refractivity contribution is 6.33.